The molecule has 2 heteroatoms. The number of benzene rings is 8. The zero-order valence-corrected chi connectivity index (χ0v) is 28.1. The van der Waals surface area contributed by atoms with E-state index in [0.29, 0.717) is 0 Å². The molecule has 2 spiro atoms. The lowest BCUT2D eigenvalue weighted by atomic mass is 9.50. The molecule has 10 aromatic rings. The number of hydrogen-bond acceptors (Lipinski definition) is 1. The van der Waals surface area contributed by atoms with E-state index in [4.69, 9.17) is 4.42 Å². The zero-order valence-electron chi connectivity index (χ0n) is 28.1. The van der Waals surface area contributed by atoms with E-state index < -0.39 is 10.8 Å². The molecule has 3 heterocycles. The van der Waals surface area contributed by atoms with Crippen LogP contribution in [0.3, 0.4) is 0 Å². The summed E-state index contributed by atoms with van der Waals surface area (Å²) in [6.07, 6.45) is 0. The van der Waals surface area contributed by atoms with Crippen LogP contribution in [-0.2, 0) is 10.8 Å². The summed E-state index contributed by atoms with van der Waals surface area (Å²) >= 11 is 0. The second-order valence-corrected chi connectivity index (χ2v) is 14.7. The predicted molar refractivity (Wildman–Crippen MR) is 211 cm³/mol. The molecule has 0 bridgehead atoms. The molecule has 0 fully saturated rings. The van der Waals surface area contributed by atoms with Gasteiger partial charge >= 0.3 is 0 Å². The SMILES string of the molecule is c1ccc2c(c1)-c1ccccc1C21c2ccccc2C2(c3ccccc3-n3c4ccccc4c4c5oc6ccccc6c5cc2c43)c2ccccc21. The summed E-state index contributed by atoms with van der Waals surface area (Å²) in [4.78, 5) is 0. The lowest BCUT2D eigenvalue weighted by Crippen LogP contribution is -2.46. The summed E-state index contributed by atoms with van der Waals surface area (Å²) in [5.41, 5.74) is 17.7. The van der Waals surface area contributed by atoms with Crippen LogP contribution in [-0.4, -0.2) is 4.57 Å². The highest BCUT2D eigenvalue weighted by molar-refractivity contribution is 6.25. The van der Waals surface area contributed by atoms with E-state index in [1.807, 2.05) is 0 Å². The van der Waals surface area contributed by atoms with Crippen molar-refractivity contribution in [2.24, 2.45) is 0 Å². The van der Waals surface area contributed by atoms with Gasteiger partial charge in [0.05, 0.1) is 32.9 Å². The van der Waals surface area contributed by atoms with Gasteiger partial charge in [0.1, 0.15) is 11.2 Å². The van der Waals surface area contributed by atoms with Crippen molar-refractivity contribution < 1.29 is 4.42 Å². The van der Waals surface area contributed by atoms with Crippen molar-refractivity contribution in [1.82, 2.24) is 4.57 Å². The Balaban J connectivity index is 1.31. The number of fused-ring (bicyclic) bond motifs is 22. The van der Waals surface area contributed by atoms with E-state index in [-0.39, 0.29) is 0 Å². The van der Waals surface area contributed by atoms with E-state index in [1.54, 1.807) is 0 Å². The summed E-state index contributed by atoms with van der Waals surface area (Å²) in [5.74, 6) is 0. The molecule has 52 heavy (non-hydrogen) atoms. The lowest BCUT2D eigenvalue weighted by molar-refractivity contribution is 0.618. The molecule has 0 atom stereocenters. The van der Waals surface area contributed by atoms with Gasteiger partial charge in [0, 0.05) is 16.2 Å². The Morgan fingerprint density at radius 1 is 0.385 bits per heavy atom. The molecule has 0 radical (unpaired) electrons. The van der Waals surface area contributed by atoms with Gasteiger partial charge in [-0.05, 0) is 79.9 Å². The molecule has 1 aliphatic heterocycles. The second kappa shape index (κ2) is 9.17. The molecular weight excluding hydrogens is 631 g/mol. The third kappa shape index (κ3) is 2.81. The van der Waals surface area contributed by atoms with Crippen molar-refractivity contribution in [1.29, 1.82) is 0 Å². The third-order valence-electron chi connectivity index (χ3n) is 12.7. The van der Waals surface area contributed by atoms with Crippen LogP contribution in [0.4, 0.5) is 0 Å². The molecule has 2 aromatic heterocycles. The van der Waals surface area contributed by atoms with E-state index in [9.17, 15) is 0 Å². The topological polar surface area (TPSA) is 18.1 Å². The van der Waals surface area contributed by atoms with Crippen LogP contribution >= 0.6 is 0 Å². The minimum Gasteiger partial charge on any atom is -0.455 e. The van der Waals surface area contributed by atoms with Crippen LogP contribution in [0.25, 0.3) is 60.6 Å². The van der Waals surface area contributed by atoms with Crippen molar-refractivity contribution >= 4 is 43.7 Å². The monoisotopic (exact) mass is 659 g/mol. The first-order valence-corrected chi connectivity index (χ1v) is 18.2. The second-order valence-electron chi connectivity index (χ2n) is 14.7. The number of para-hydroxylation sites is 3. The van der Waals surface area contributed by atoms with Crippen molar-refractivity contribution in [3.8, 4) is 16.8 Å². The van der Waals surface area contributed by atoms with Crippen molar-refractivity contribution in [2.45, 2.75) is 10.8 Å². The van der Waals surface area contributed by atoms with Gasteiger partial charge in [-0.1, -0.05) is 152 Å². The fourth-order valence-electron chi connectivity index (χ4n) is 11.0. The van der Waals surface area contributed by atoms with E-state index in [0.717, 1.165) is 21.9 Å². The van der Waals surface area contributed by atoms with Crippen LogP contribution in [0.1, 0.15) is 44.5 Å². The van der Waals surface area contributed by atoms with Gasteiger partial charge in [-0.25, -0.2) is 0 Å². The molecule has 13 rings (SSSR count). The molecule has 3 aliphatic rings. The van der Waals surface area contributed by atoms with Crippen LogP contribution in [0.15, 0.2) is 180 Å². The Morgan fingerprint density at radius 3 is 1.52 bits per heavy atom. The molecule has 8 aromatic carbocycles. The Kier molecular flexibility index (Phi) is 4.78. The highest BCUT2D eigenvalue weighted by Gasteiger charge is 2.58. The summed E-state index contributed by atoms with van der Waals surface area (Å²) < 4.78 is 9.37. The third-order valence-corrected chi connectivity index (χ3v) is 12.7. The van der Waals surface area contributed by atoms with Gasteiger partial charge in [-0.15, -0.1) is 0 Å². The number of rotatable bonds is 0. The largest absolute Gasteiger partial charge is 0.455 e. The Morgan fingerprint density at radius 2 is 0.865 bits per heavy atom. The van der Waals surface area contributed by atoms with Crippen molar-refractivity contribution in [3.05, 3.63) is 220 Å². The van der Waals surface area contributed by atoms with Gasteiger partial charge in [0.25, 0.3) is 0 Å². The van der Waals surface area contributed by atoms with Gasteiger partial charge in [-0.2, -0.15) is 0 Å². The Bertz CT molecular complexity index is 3110. The number of furan rings is 1. The molecule has 0 saturated heterocycles. The van der Waals surface area contributed by atoms with Crippen molar-refractivity contribution in [2.75, 3.05) is 0 Å². The molecule has 240 valence electrons. The minimum atomic E-state index is -0.614. The number of aromatic nitrogens is 1. The first-order chi connectivity index (χ1) is 25.8. The maximum atomic E-state index is 6.85. The quantitative estimate of drug-likeness (QED) is 0.158. The minimum absolute atomic E-state index is 0.476. The summed E-state index contributed by atoms with van der Waals surface area (Å²) in [6, 6.07) is 65.9. The number of nitrogens with zero attached hydrogens (tertiary/aromatic N) is 1. The molecule has 0 unspecified atom stereocenters. The van der Waals surface area contributed by atoms with Gasteiger partial charge in [-0.3, -0.25) is 0 Å². The van der Waals surface area contributed by atoms with Crippen LogP contribution in [0.2, 0.25) is 0 Å². The van der Waals surface area contributed by atoms with Crippen molar-refractivity contribution in [3.63, 3.8) is 0 Å². The van der Waals surface area contributed by atoms with Crippen LogP contribution < -0.4 is 0 Å². The molecular formula is C50H29NO. The average molecular weight is 660 g/mol. The molecule has 2 aliphatic carbocycles. The van der Waals surface area contributed by atoms with Gasteiger partial charge in [0.15, 0.2) is 0 Å². The molecule has 0 amide bonds. The summed E-state index contributed by atoms with van der Waals surface area (Å²) in [7, 11) is 0. The Labute approximate surface area is 299 Å². The lowest BCUT2D eigenvalue weighted by Gasteiger charge is -2.51. The molecule has 0 saturated carbocycles. The van der Waals surface area contributed by atoms with Crippen LogP contribution in [0.5, 0.6) is 0 Å². The maximum Gasteiger partial charge on any atom is 0.145 e. The summed E-state index contributed by atoms with van der Waals surface area (Å²) in [5, 5.41) is 4.70. The van der Waals surface area contributed by atoms with Gasteiger partial charge < -0.3 is 8.98 Å². The highest BCUT2D eigenvalue weighted by Crippen LogP contribution is 2.66. The first-order valence-electron chi connectivity index (χ1n) is 18.2. The maximum absolute atomic E-state index is 6.85. The van der Waals surface area contributed by atoms with Crippen LogP contribution in [0, 0.1) is 0 Å². The predicted octanol–water partition coefficient (Wildman–Crippen LogP) is 12.1. The molecule has 0 N–H and O–H groups in total. The number of hydrogen-bond donors (Lipinski definition) is 0. The zero-order chi connectivity index (χ0) is 33.8. The average Bonchev–Trinajstić information content (AvgIpc) is 3.86. The summed E-state index contributed by atoms with van der Waals surface area (Å²) in [6.45, 7) is 0. The normalized spacial score (nSPS) is 15.2. The fraction of sp³-hybridized carbons (Fsp3) is 0.0400. The first kappa shape index (κ1) is 27.1. The van der Waals surface area contributed by atoms with Gasteiger partial charge in [0.2, 0.25) is 0 Å². The standard InChI is InChI=1S/C50H29NO/c1-5-19-35-30(15-1)31-16-2-6-20-36(31)49(35)37-21-7-9-23-39(37)50(40-24-10-8-22-38(40)49)41-25-11-13-27-44(41)51-43-26-12-3-18-33(43)46-47(51)42(50)29-34-32-17-4-14-28-45(32)52-48(34)46/h1-29H. The Hall–Kier alpha value is -6.64. The fourth-order valence-corrected chi connectivity index (χ4v) is 11.0. The highest BCUT2D eigenvalue weighted by atomic mass is 16.3. The molecule has 2 nitrogen and oxygen atoms in total. The van der Waals surface area contributed by atoms with E-state index >= 15 is 0 Å². The van der Waals surface area contributed by atoms with E-state index in [1.165, 1.54) is 83.1 Å². The van der Waals surface area contributed by atoms with E-state index in [2.05, 4.69) is 180 Å². The smallest absolute Gasteiger partial charge is 0.145 e.